The topological polar surface area (TPSA) is 119 Å². The van der Waals surface area contributed by atoms with Gasteiger partial charge < -0.3 is 13.9 Å². The Bertz CT molecular complexity index is 1470. The number of aromatic nitrogens is 4. The lowest BCUT2D eigenvalue weighted by Gasteiger charge is -2.23. The summed E-state index contributed by atoms with van der Waals surface area (Å²) in [4.78, 5) is 24.0. The van der Waals surface area contributed by atoms with Gasteiger partial charge in [-0.05, 0) is 25.1 Å². The van der Waals surface area contributed by atoms with Crippen LogP contribution < -0.4 is 9.04 Å². The van der Waals surface area contributed by atoms with E-state index >= 15 is 4.39 Å². The van der Waals surface area contributed by atoms with Crippen LogP contribution >= 0.6 is 11.6 Å². The molecule has 0 aliphatic heterocycles. The Hall–Kier alpha value is -3.68. The van der Waals surface area contributed by atoms with E-state index in [1.54, 1.807) is 6.92 Å². The molecule has 3 heterocycles. The second-order valence-electron chi connectivity index (χ2n) is 6.84. The van der Waals surface area contributed by atoms with Crippen molar-refractivity contribution in [2.45, 2.75) is 6.92 Å². The van der Waals surface area contributed by atoms with Gasteiger partial charge in [0.25, 0.3) is 11.3 Å². The zero-order valence-corrected chi connectivity index (χ0v) is 19.7. The van der Waals surface area contributed by atoms with Crippen LogP contribution in [0.25, 0.3) is 16.8 Å². The number of hydrogen-bond donors (Lipinski definition) is 1. The molecule has 0 radical (unpaired) electrons. The van der Waals surface area contributed by atoms with Gasteiger partial charge in [0.1, 0.15) is 17.8 Å². The minimum absolute atomic E-state index is 0.0111. The number of carbonyl (C=O) groups is 1. The molecule has 1 N–H and O–H groups in total. The highest BCUT2D eigenvalue weighted by Crippen LogP contribution is 2.39. The summed E-state index contributed by atoms with van der Waals surface area (Å²) in [6.45, 7) is 1.78. The summed E-state index contributed by atoms with van der Waals surface area (Å²) in [6.07, 6.45) is 4.98. The monoisotopic (exact) mass is 523 g/mol. The van der Waals surface area contributed by atoms with Gasteiger partial charge in [-0.1, -0.05) is 11.6 Å². The lowest BCUT2D eigenvalue weighted by atomic mass is 10.1. The van der Waals surface area contributed by atoms with Crippen LogP contribution in [0.5, 0.6) is 5.88 Å². The Labute approximate surface area is 204 Å². The Balaban J connectivity index is 1.86. The van der Waals surface area contributed by atoms with Gasteiger partial charge in [0.05, 0.1) is 47.4 Å². The molecule has 1 aromatic carbocycles. The minimum atomic E-state index is -2.83. The van der Waals surface area contributed by atoms with Crippen LogP contribution in [0.15, 0.2) is 43.1 Å². The highest BCUT2D eigenvalue weighted by atomic mass is 35.5. The normalized spacial score (nSPS) is 11.9. The largest absolute Gasteiger partial charge is 0.479 e. The Kier molecular flexibility index (Phi) is 6.91. The van der Waals surface area contributed by atoms with Gasteiger partial charge in [0.15, 0.2) is 11.5 Å². The van der Waals surface area contributed by atoms with E-state index in [1.807, 2.05) is 0 Å². The number of esters is 1. The third-order valence-electron chi connectivity index (χ3n) is 4.80. The lowest BCUT2D eigenvalue weighted by Crippen LogP contribution is -2.22. The van der Waals surface area contributed by atoms with Crippen LogP contribution in [0.2, 0.25) is 5.02 Å². The molecule has 0 saturated heterocycles. The zero-order chi connectivity index (χ0) is 25.3. The van der Waals surface area contributed by atoms with E-state index in [9.17, 15) is 17.9 Å². The molecule has 4 rings (SSSR count). The number of ether oxygens (including phenoxy) is 2. The standard InChI is InChI=1S/C21H16ClF2N5O5S/c1-3-34-21(30)19-16-8-25-13(9-28(16)10-27-19)17-12(23)4-5-14(18(17)24)29(35(31)32)15-6-11(22)7-26-20(15)33-2/h4-10H,3H2,1-2H3,(H,31,32). The summed E-state index contributed by atoms with van der Waals surface area (Å²) in [5.74, 6) is -2.96. The summed E-state index contributed by atoms with van der Waals surface area (Å²) in [5, 5.41) is 0.0867. The average Bonchev–Trinajstić information content (AvgIpc) is 3.24. The number of fused-ring (bicyclic) bond motifs is 1. The quantitative estimate of drug-likeness (QED) is 0.283. The molecule has 35 heavy (non-hydrogen) atoms. The molecular weight excluding hydrogens is 508 g/mol. The van der Waals surface area contributed by atoms with E-state index in [4.69, 9.17) is 21.1 Å². The molecule has 0 aliphatic carbocycles. The number of carbonyl (C=O) groups excluding carboxylic acids is 1. The molecule has 10 nitrogen and oxygen atoms in total. The Morgan fingerprint density at radius 3 is 2.69 bits per heavy atom. The molecule has 1 unspecified atom stereocenters. The summed E-state index contributed by atoms with van der Waals surface area (Å²) in [7, 11) is 1.26. The molecule has 1 atom stereocenters. The van der Waals surface area contributed by atoms with Crippen molar-refractivity contribution in [2.24, 2.45) is 0 Å². The summed E-state index contributed by atoms with van der Waals surface area (Å²) < 4.78 is 64.8. The first-order valence-electron chi connectivity index (χ1n) is 9.85. The first kappa shape index (κ1) is 24.4. The first-order valence-corrected chi connectivity index (χ1v) is 11.3. The van der Waals surface area contributed by atoms with Gasteiger partial charge in [-0.2, -0.15) is 0 Å². The maximum atomic E-state index is 15.7. The summed E-state index contributed by atoms with van der Waals surface area (Å²) >= 11 is 3.14. The van der Waals surface area contributed by atoms with Crippen LogP contribution in [-0.2, 0) is 16.0 Å². The van der Waals surface area contributed by atoms with Crippen molar-refractivity contribution >= 4 is 45.7 Å². The molecular formula is C21H16ClF2N5O5S. The van der Waals surface area contributed by atoms with Crippen molar-refractivity contribution < 1.29 is 31.8 Å². The molecule has 14 heteroatoms. The van der Waals surface area contributed by atoms with Crippen molar-refractivity contribution in [3.05, 3.63) is 65.5 Å². The van der Waals surface area contributed by atoms with Gasteiger partial charge in [-0.3, -0.25) is 9.54 Å². The zero-order valence-electron chi connectivity index (χ0n) is 18.1. The highest BCUT2D eigenvalue weighted by Gasteiger charge is 2.28. The molecule has 182 valence electrons. The van der Waals surface area contributed by atoms with Crippen molar-refractivity contribution in [3.63, 3.8) is 0 Å². The molecule has 0 amide bonds. The van der Waals surface area contributed by atoms with Crippen molar-refractivity contribution in [1.82, 2.24) is 19.4 Å². The van der Waals surface area contributed by atoms with E-state index in [-0.39, 0.29) is 40.1 Å². The van der Waals surface area contributed by atoms with E-state index in [2.05, 4.69) is 15.0 Å². The summed E-state index contributed by atoms with van der Waals surface area (Å²) in [6, 6.07) is 3.15. The maximum absolute atomic E-state index is 15.7. The number of nitrogens with zero attached hydrogens (tertiary/aromatic N) is 5. The molecule has 0 fully saturated rings. The van der Waals surface area contributed by atoms with E-state index in [1.165, 1.54) is 42.5 Å². The number of benzene rings is 1. The van der Waals surface area contributed by atoms with Gasteiger partial charge in [-0.25, -0.2) is 32.1 Å². The molecule has 0 saturated carbocycles. The Morgan fingerprint density at radius 1 is 1.23 bits per heavy atom. The molecule has 0 aliphatic rings. The Morgan fingerprint density at radius 2 is 2.00 bits per heavy atom. The van der Waals surface area contributed by atoms with E-state index in [0.717, 1.165) is 12.1 Å². The van der Waals surface area contributed by atoms with Crippen molar-refractivity contribution in [3.8, 4) is 17.1 Å². The number of methoxy groups -OCH3 is 1. The number of halogens is 3. The van der Waals surface area contributed by atoms with Crippen LogP contribution in [0.4, 0.5) is 20.2 Å². The van der Waals surface area contributed by atoms with Gasteiger partial charge in [-0.15, -0.1) is 0 Å². The first-order chi connectivity index (χ1) is 16.8. The highest BCUT2D eigenvalue weighted by molar-refractivity contribution is 7.81. The SMILES string of the molecule is CCOC(=O)c1ncn2cc(-c3c(F)ccc(N(c4cc(Cl)cnc4OC)S(=O)O)c3F)ncc12. The van der Waals surface area contributed by atoms with Crippen molar-refractivity contribution in [1.29, 1.82) is 0 Å². The van der Waals surface area contributed by atoms with Crippen LogP contribution in [0, 0.1) is 11.6 Å². The second kappa shape index (κ2) is 9.90. The second-order valence-corrected chi connectivity index (χ2v) is 8.10. The number of hydrogen-bond acceptors (Lipinski definition) is 7. The fraction of sp³-hybridized carbons (Fsp3) is 0.143. The summed E-state index contributed by atoms with van der Waals surface area (Å²) in [5.41, 5.74) is -1.10. The molecule has 4 aromatic rings. The fourth-order valence-electron chi connectivity index (χ4n) is 3.33. The fourth-order valence-corrected chi connectivity index (χ4v) is 4.09. The molecule has 0 spiro atoms. The average molecular weight is 524 g/mol. The number of imidazole rings is 1. The predicted octanol–water partition coefficient (Wildman–Crippen LogP) is 4.18. The predicted molar refractivity (Wildman–Crippen MR) is 123 cm³/mol. The third-order valence-corrected chi connectivity index (χ3v) is 5.71. The van der Waals surface area contributed by atoms with Crippen LogP contribution in [-0.4, -0.2) is 47.8 Å². The minimum Gasteiger partial charge on any atom is -0.479 e. The van der Waals surface area contributed by atoms with E-state index in [0.29, 0.717) is 4.31 Å². The molecule has 0 bridgehead atoms. The van der Waals surface area contributed by atoms with Crippen LogP contribution in [0.3, 0.4) is 0 Å². The lowest BCUT2D eigenvalue weighted by molar-refractivity contribution is 0.0522. The smallest absolute Gasteiger partial charge is 0.359 e. The maximum Gasteiger partial charge on any atom is 0.359 e. The third kappa shape index (κ3) is 4.52. The van der Waals surface area contributed by atoms with Gasteiger partial charge in [0, 0.05) is 12.4 Å². The number of anilines is 2. The van der Waals surface area contributed by atoms with E-state index < -0.39 is 40.1 Å². The van der Waals surface area contributed by atoms with Crippen LogP contribution in [0.1, 0.15) is 17.4 Å². The van der Waals surface area contributed by atoms with Crippen molar-refractivity contribution in [2.75, 3.05) is 18.0 Å². The number of pyridine rings is 1. The van der Waals surface area contributed by atoms with Gasteiger partial charge in [0.2, 0.25) is 5.88 Å². The molecule has 3 aromatic heterocycles. The van der Waals surface area contributed by atoms with Gasteiger partial charge >= 0.3 is 5.97 Å². The number of rotatable bonds is 7.